The average molecular weight is 321 g/mol. The molecule has 2 nitrogen and oxygen atoms in total. The van der Waals surface area contributed by atoms with E-state index in [-0.39, 0.29) is 0 Å². The highest BCUT2D eigenvalue weighted by atomic mass is 79.9. The Morgan fingerprint density at radius 1 is 1.21 bits per heavy atom. The lowest BCUT2D eigenvalue weighted by molar-refractivity contribution is 0.442. The molecule has 0 aliphatic heterocycles. The Hall–Kier alpha value is -0.930. The van der Waals surface area contributed by atoms with Gasteiger partial charge in [-0.2, -0.15) is 0 Å². The van der Waals surface area contributed by atoms with E-state index in [1.807, 2.05) is 12.3 Å². The van der Waals surface area contributed by atoms with E-state index in [9.17, 15) is 0 Å². The van der Waals surface area contributed by atoms with Gasteiger partial charge in [-0.1, -0.05) is 41.9 Å². The highest BCUT2D eigenvalue weighted by Crippen LogP contribution is 2.25. The molecular weight excluding hydrogens is 300 g/mol. The Morgan fingerprint density at radius 2 is 2.00 bits per heavy atom. The number of halogens is 1. The van der Waals surface area contributed by atoms with Gasteiger partial charge in [0.2, 0.25) is 0 Å². The number of nitrogens with one attached hydrogen (secondary N) is 1. The van der Waals surface area contributed by atoms with E-state index in [4.69, 9.17) is 0 Å². The summed E-state index contributed by atoms with van der Waals surface area (Å²) in [6.07, 6.45) is 3.05. The molecule has 3 heteroatoms. The van der Waals surface area contributed by atoms with Gasteiger partial charge in [-0.3, -0.25) is 4.98 Å². The topological polar surface area (TPSA) is 24.9 Å². The van der Waals surface area contributed by atoms with Crippen LogP contribution in [0.5, 0.6) is 0 Å². The first kappa shape index (κ1) is 14.5. The summed E-state index contributed by atoms with van der Waals surface area (Å²) in [5.74, 6) is 0.724. The number of nitrogens with zero attached hydrogens (tertiary/aromatic N) is 1. The molecule has 1 atom stereocenters. The van der Waals surface area contributed by atoms with Crippen molar-refractivity contribution in [1.82, 2.24) is 10.3 Å². The maximum Gasteiger partial charge on any atom is 0.0758 e. The Balaban J connectivity index is 2.15. The van der Waals surface area contributed by atoms with Gasteiger partial charge in [-0.15, -0.1) is 0 Å². The summed E-state index contributed by atoms with van der Waals surface area (Å²) >= 11 is 3.58. The minimum Gasteiger partial charge on any atom is -0.310 e. The number of fused-ring (bicyclic) bond motifs is 1. The number of benzene rings is 1. The summed E-state index contributed by atoms with van der Waals surface area (Å²) in [4.78, 5) is 4.51. The molecule has 1 N–H and O–H groups in total. The number of hydrogen-bond donors (Lipinski definition) is 1. The van der Waals surface area contributed by atoms with E-state index in [0.29, 0.717) is 6.04 Å². The Kier molecular flexibility index (Phi) is 4.94. The molecule has 1 aromatic carbocycles. The monoisotopic (exact) mass is 320 g/mol. The standard InChI is InChI=1S/C16H21BrN2/c1-11(2)9-12(3)19-10-13-6-7-15(17)14-5-4-8-18-16(13)14/h4-8,11-12,19H,9-10H2,1-3H3. The molecule has 1 unspecified atom stereocenters. The van der Waals surface area contributed by atoms with Gasteiger partial charge in [0.25, 0.3) is 0 Å². The third kappa shape index (κ3) is 3.77. The van der Waals surface area contributed by atoms with Gasteiger partial charge in [0.15, 0.2) is 0 Å². The molecule has 0 fully saturated rings. The van der Waals surface area contributed by atoms with Gasteiger partial charge in [-0.05, 0) is 37.0 Å². The zero-order chi connectivity index (χ0) is 13.8. The third-order valence-electron chi connectivity index (χ3n) is 3.27. The summed E-state index contributed by atoms with van der Waals surface area (Å²) < 4.78 is 1.11. The van der Waals surface area contributed by atoms with E-state index in [2.05, 4.69) is 65.2 Å². The van der Waals surface area contributed by atoms with Crippen LogP contribution >= 0.6 is 15.9 Å². The van der Waals surface area contributed by atoms with E-state index in [1.165, 1.54) is 17.4 Å². The molecule has 102 valence electrons. The Morgan fingerprint density at radius 3 is 2.74 bits per heavy atom. The minimum atomic E-state index is 0.530. The highest BCUT2D eigenvalue weighted by molar-refractivity contribution is 9.10. The van der Waals surface area contributed by atoms with Crippen LogP contribution in [0.1, 0.15) is 32.8 Å². The van der Waals surface area contributed by atoms with Crippen molar-refractivity contribution in [1.29, 1.82) is 0 Å². The van der Waals surface area contributed by atoms with Crippen molar-refractivity contribution in [2.24, 2.45) is 5.92 Å². The predicted octanol–water partition coefficient (Wildman–Crippen LogP) is 4.52. The van der Waals surface area contributed by atoms with Crippen molar-refractivity contribution in [2.45, 2.75) is 39.8 Å². The largest absolute Gasteiger partial charge is 0.310 e. The minimum absolute atomic E-state index is 0.530. The van der Waals surface area contributed by atoms with Crippen LogP contribution in [-0.2, 0) is 6.54 Å². The number of hydrogen-bond acceptors (Lipinski definition) is 2. The first-order valence-electron chi connectivity index (χ1n) is 6.83. The maximum absolute atomic E-state index is 4.51. The molecule has 0 saturated carbocycles. The fourth-order valence-electron chi connectivity index (χ4n) is 2.41. The maximum atomic E-state index is 4.51. The van der Waals surface area contributed by atoms with Crippen LogP contribution in [0.25, 0.3) is 10.9 Å². The van der Waals surface area contributed by atoms with Crippen molar-refractivity contribution in [3.05, 3.63) is 40.5 Å². The number of pyridine rings is 1. The molecule has 0 aliphatic carbocycles. The average Bonchev–Trinajstić information content (AvgIpc) is 2.37. The number of aromatic nitrogens is 1. The second-order valence-corrected chi connectivity index (χ2v) is 6.37. The van der Waals surface area contributed by atoms with Crippen LogP contribution < -0.4 is 5.32 Å². The normalized spacial score (nSPS) is 13.1. The van der Waals surface area contributed by atoms with Crippen LogP contribution in [0.3, 0.4) is 0 Å². The van der Waals surface area contributed by atoms with Gasteiger partial charge >= 0.3 is 0 Å². The van der Waals surface area contributed by atoms with Gasteiger partial charge in [0, 0.05) is 28.6 Å². The van der Waals surface area contributed by atoms with Crippen molar-refractivity contribution in [3.8, 4) is 0 Å². The van der Waals surface area contributed by atoms with Gasteiger partial charge < -0.3 is 5.32 Å². The second-order valence-electron chi connectivity index (χ2n) is 5.52. The van der Waals surface area contributed by atoms with Crippen molar-refractivity contribution >= 4 is 26.8 Å². The Labute approximate surface area is 123 Å². The molecule has 0 spiro atoms. The summed E-state index contributed by atoms with van der Waals surface area (Å²) in [5, 5.41) is 4.77. The summed E-state index contributed by atoms with van der Waals surface area (Å²) in [6.45, 7) is 7.63. The van der Waals surface area contributed by atoms with Crippen molar-refractivity contribution in [2.75, 3.05) is 0 Å². The van der Waals surface area contributed by atoms with E-state index >= 15 is 0 Å². The molecule has 2 aromatic rings. The fourth-order valence-corrected chi connectivity index (χ4v) is 2.87. The highest BCUT2D eigenvalue weighted by Gasteiger charge is 2.08. The zero-order valence-electron chi connectivity index (χ0n) is 11.8. The lowest BCUT2D eigenvalue weighted by Crippen LogP contribution is -2.27. The van der Waals surface area contributed by atoms with E-state index in [0.717, 1.165) is 22.5 Å². The molecule has 0 saturated heterocycles. The molecule has 0 bridgehead atoms. The third-order valence-corrected chi connectivity index (χ3v) is 3.96. The molecule has 0 aliphatic rings. The molecule has 1 aromatic heterocycles. The van der Waals surface area contributed by atoms with E-state index < -0.39 is 0 Å². The van der Waals surface area contributed by atoms with Gasteiger partial charge in [0.1, 0.15) is 0 Å². The van der Waals surface area contributed by atoms with Gasteiger partial charge in [-0.25, -0.2) is 0 Å². The number of rotatable bonds is 5. The summed E-state index contributed by atoms with van der Waals surface area (Å²) in [6, 6.07) is 8.87. The molecule has 2 rings (SSSR count). The second kappa shape index (κ2) is 6.49. The lowest BCUT2D eigenvalue weighted by atomic mass is 10.0. The predicted molar refractivity (Wildman–Crippen MR) is 85.2 cm³/mol. The summed E-state index contributed by atoms with van der Waals surface area (Å²) in [7, 11) is 0. The van der Waals surface area contributed by atoms with Crippen LogP contribution in [0.4, 0.5) is 0 Å². The SMILES string of the molecule is CC(C)CC(C)NCc1ccc(Br)c2cccnc12. The van der Waals surface area contributed by atoms with Crippen molar-refractivity contribution < 1.29 is 0 Å². The lowest BCUT2D eigenvalue weighted by Gasteiger charge is -2.16. The molecule has 0 amide bonds. The van der Waals surface area contributed by atoms with Crippen molar-refractivity contribution in [3.63, 3.8) is 0 Å². The molecule has 19 heavy (non-hydrogen) atoms. The molecule has 0 radical (unpaired) electrons. The zero-order valence-corrected chi connectivity index (χ0v) is 13.4. The smallest absolute Gasteiger partial charge is 0.0758 e. The van der Waals surface area contributed by atoms with E-state index in [1.54, 1.807) is 0 Å². The fraction of sp³-hybridized carbons (Fsp3) is 0.438. The van der Waals surface area contributed by atoms with Crippen LogP contribution in [-0.4, -0.2) is 11.0 Å². The Bertz CT molecular complexity index is 551. The van der Waals surface area contributed by atoms with Crippen LogP contribution in [0.2, 0.25) is 0 Å². The van der Waals surface area contributed by atoms with Crippen LogP contribution in [0.15, 0.2) is 34.9 Å². The first-order chi connectivity index (χ1) is 9.08. The summed E-state index contributed by atoms with van der Waals surface area (Å²) in [5.41, 5.74) is 2.34. The van der Waals surface area contributed by atoms with Crippen LogP contribution in [0, 0.1) is 5.92 Å². The molecular formula is C16H21BrN2. The molecule has 1 heterocycles. The quantitative estimate of drug-likeness (QED) is 0.876. The van der Waals surface area contributed by atoms with Gasteiger partial charge in [0.05, 0.1) is 5.52 Å². The first-order valence-corrected chi connectivity index (χ1v) is 7.62.